The highest BCUT2D eigenvalue weighted by molar-refractivity contribution is 7.92. The van der Waals surface area contributed by atoms with Crippen molar-refractivity contribution < 1.29 is 26.7 Å². The van der Waals surface area contributed by atoms with Crippen LogP contribution in [0.2, 0.25) is 5.02 Å². The molecule has 0 aliphatic heterocycles. The van der Waals surface area contributed by atoms with Crippen molar-refractivity contribution in [3.8, 4) is 5.75 Å². The second kappa shape index (κ2) is 5.93. The van der Waals surface area contributed by atoms with E-state index in [1.807, 2.05) is 4.72 Å². The minimum Gasteiger partial charge on any atom is -0.506 e. The maximum absolute atomic E-state index is 12.8. The van der Waals surface area contributed by atoms with Crippen LogP contribution in [0.5, 0.6) is 5.75 Å². The van der Waals surface area contributed by atoms with Gasteiger partial charge < -0.3 is 5.11 Å². The number of alkyl halides is 3. The molecule has 0 saturated heterocycles. The van der Waals surface area contributed by atoms with Crippen molar-refractivity contribution in [2.24, 2.45) is 0 Å². The van der Waals surface area contributed by atoms with Crippen LogP contribution in [-0.4, -0.2) is 13.5 Å². The summed E-state index contributed by atoms with van der Waals surface area (Å²) in [6, 6.07) is 6.42. The van der Waals surface area contributed by atoms with E-state index in [1.54, 1.807) is 13.0 Å². The maximum atomic E-state index is 12.8. The number of aryl methyl sites for hydroxylation is 1. The van der Waals surface area contributed by atoms with E-state index in [1.165, 1.54) is 12.1 Å². The summed E-state index contributed by atoms with van der Waals surface area (Å²) in [5.74, 6) is -0.335. The molecule has 0 radical (unpaired) electrons. The molecule has 0 saturated carbocycles. The van der Waals surface area contributed by atoms with Gasteiger partial charge in [-0.1, -0.05) is 17.7 Å². The Morgan fingerprint density at radius 1 is 1.13 bits per heavy atom. The minimum atomic E-state index is -4.78. The number of aromatic hydroxyl groups is 1. The van der Waals surface area contributed by atoms with Crippen molar-refractivity contribution in [2.75, 3.05) is 4.72 Å². The third-order valence-corrected chi connectivity index (χ3v) is 4.64. The molecule has 2 N–H and O–H groups in total. The van der Waals surface area contributed by atoms with Gasteiger partial charge in [-0.2, -0.15) is 13.2 Å². The molecule has 9 heteroatoms. The van der Waals surface area contributed by atoms with Gasteiger partial charge in [0.25, 0.3) is 10.0 Å². The van der Waals surface area contributed by atoms with Crippen LogP contribution in [0, 0.1) is 6.92 Å². The maximum Gasteiger partial charge on any atom is 0.417 e. The summed E-state index contributed by atoms with van der Waals surface area (Å²) in [7, 11) is -4.32. The Kier molecular flexibility index (Phi) is 4.50. The van der Waals surface area contributed by atoms with Crippen molar-refractivity contribution in [3.63, 3.8) is 0 Å². The number of halogens is 4. The monoisotopic (exact) mass is 365 g/mol. The Labute approximate surface area is 135 Å². The number of nitrogens with one attached hydrogen (secondary N) is 1. The fourth-order valence-corrected chi connectivity index (χ4v) is 3.15. The molecular formula is C14H11ClF3NO3S. The molecule has 0 amide bonds. The van der Waals surface area contributed by atoms with E-state index < -0.39 is 31.7 Å². The quantitative estimate of drug-likeness (QED) is 0.802. The minimum absolute atomic E-state index is 0.140. The summed E-state index contributed by atoms with van der Waals surface area (Å²) in [6.45, 7) is 1.69. The van der Waals surface area contributed by atoms with Gasteiger partial charge in [-0.3, -0.25) is 4.72 Å². The molecular weight excluding hydrogens is 355 g/mol. The zero-order chi connectivity index (χ0) is 17.4. The normalized spacial score (nSPS) is 12.2. The zero-order valence-corrected chi connectivity index (χ0v) is 13.2. The molecule has 4 nitrogen and oxygen atoms in total. The third-order valence-electron chi connectivity index (χ3n) is 2.95. The predicted molar refractivity (Wildman–Crippen MR) is 80.1 cm³/mol. The molecule has 0 aromatic heterocycles. The molecule has 0 spiro atoms. The average Bonchev–Trinajstić information content (AvgIpc) is 2.41. The fourth-order valence-electron chi connectivity index (χ4n) is 1.82. The van der Waals surface area contributed by atoms with E-state index in [-0.39, 0.29) is 11.4 Å². The number of anilines is 1. The molecule has 2 aromatic rings. The highest BCUT2D eigenvalue weighted by atomic mass is 35.5. The molecule has 0 aliphatic carbocycles. The summed E-state index contributed by atoms with van der Waals surface area (Å²) in [4.78, 5) is -0.616. The Morgan fingerprint density at radius 3 is 2.35 bits per heavy atom. The molecule has 2 aromatic carbocycles. The first-order valence-electron chi connectivity index (χ1n) is 6.20. The SMILES string of the molecule is Cc1ccc(NS(=O)(=O)c2ccc(Cl)c(C(F)(F)F)c2)c(O)c1. The van der Waals surface area contributed by atoms with E-state index in [9.17, 15) is 26.7 Å². The molecule has 0 heterocycles. The first-order valence-corrected chi connectivity index (χ1v) is 8.06. The van der Waals surface area contributed by atoms with Gasteiger partial charge in [0.1, 0.15) is 5.75 Å². The first-order chi connectivity index (χ1) is 10.5. The van der Waals surface area contributed by atoms with Crippen molar-refractivity contribution in [2.45, 2.75) is 18.0 Å². The van der Waals surface area contributed by atoms with Crippen LogP contribution in [0.3, 0.4) is 0 Å². The van der Waals surface area contributed by atoms with Crippen molar-refractivity contribution in [1.29, 1.82) is 0 Å². The number of phenols is 1. The van der Waals surface area contributed by atoms with Gasteiger partial charge in [0.15, 0.2) is 0 Å². The lowest BCUT2D eigenvalue weighted by Gasteiger charge is -2.13. The smallest absolute Gasteiger partial charge is 0.417 e. The number of hydrogen-bond donors (Lipinski definition) is 2. The first kappa shape index (κ1) is 17.4. The Morgan fingerprint density at radius 2 is 1.78 bits per heavy atom. The summed E-state index contributed by atoms with van der Waals surface area (Å²) in [6.07, 6.45) is -4.78. The van der Waals surface area contributed by atoms with Crippen molar-refractivity contribution >= 4 is 27.3 Å². The highest BCUT2D eigenvalue weighted by Crippen LogP contribution is 2.36. The van der Waals surface area contributed by atoms with Crippen LogP contribution >= 0.6 is 11.6 Å². The van der Waals surface area contributed by atoms with Crippen LogP contribution in [0.4, 0.5) is 18.9 Å². The van der Waals surface area contributed by atoms with Crippen molar-refractivity contribution in [1.82, 2.24) is 0 Å². The third kappa shape index (κ3) is 3.89. The second-order valence-electron chi connectivity index (χ2n) is 4.77. The summed E-state index contributed by atoms with van der Waals surface area (Å²) < 4.78 is 64.9. The fraction of sp³-hybridized carbons (Fsp3) is 0.143. The topological polar surface area (TPSA) is 66.4 Å². The van der Waals surface area contributed by atoms with E-state index in [0.717, 1.165) is 12.1 Å². The van der Waals surface area contributed by atoms with E-state index in [0.29, 0.717) is 11.6 Å². The highest BCUT2D eigenvalue weighted by Gasteiger charge is 2.34. The van der Waals surface area contributed by atoms with Crippen LogP contribution in [0.25, 0.3) is 0 Å². The van der Waals surface area contributed by atoms with Gasteiger partial charge in [0, 0.05) is 0 Å². The summed E-state index contributed by atoms with van der Waals surface area (Å²) in [5.41, 5.74) is -0.703. The molecule has 124 valence electrons. The van der Waals surface area contributed by atoms with E-state index in [4.69, 9.17) is 11.6 Å². The molecule has 0 fully saturated rings. The molecule has 23 heavy (non-hydrogen) atoms. The number of hydrogen-bond acceptors (Lipinski definition) is 3. The number of phenolic OH excluding ortho intramolecular Hbond substituents is 1. The standard InChI is InChI=1S/C14H11ClF3NO3S/c1-8-2-5-12(13(20)6-8)19-23(21,22)9-3-4-11(15)10(7-9)14(16,17)18/h2-7,19-20H,1H3. The predicted octanol–water partition coefficient (Wildman–Crippen LogP) is 4.17. The van der Waals surface area contributed by atoms with Crippen molar-refractivity contribution in [3.05, 3.63) is 52.5 Å². The lowest BCUT2D eigenvalue weighted by Crippen LogP contribution is -2.15. The zero-order valence-electron chi connectivity index (χ0n) is 11.6. The number of rotatable bonds is 3. The molecule has 0 unspecified atom stereocenters. The molecule has 2 rings (SSSR count). The second-order valence-corrected chi connectivity index (χ2v) is 6.86. The Hall–Kier alpha value is -1.93. The lowest BCUT2D eigenvalue weighted by molar-refractivity contribution is -0.137. The Balaban J connectivity index is 2.44. The van der Waals surface area contributed by atoms with Gasteiger partial charge >= 0.3 is 6.18 Å². The molecule has 0 bridgehead atoms. The van der Waals surface area contributed by atoms with Gasteiger partial charge in [0.2, 0.25) is 0 Å². The van der Waals surface area contributed by atoms with Gasteiger partial charge in [-0.15, -0.1) is 0 Å². The summed E-state index contributed by atoms with van der Waals surface area (Å²) in [5, 5.41) is 9.10. The van der Waals surface area contributed by atoms with Crippen LogP contribution in [0.1, 0.15) is 11.1 Å². The Bertz CT molecular complexity index is 851. The van der Waals surface area contributed by atoms with Gasteiger partial charge in [-0.05, 0) is 42.8 Å². The van der Waals surface area contributed by atoms with Crippen LogP contribution in [-0.2, 0) is 16.2 Å². The number of sulfonamides is 1. The van der Waals surface area contributed by atoms with Crippen LogP contribution in [0.15, 0.2) is 41.3 Å². The molecule has 0 atom stereocenters. The van der Waals surface area contributed by atoms with Crippen LogP contribution < -0.4 is 4.72 Å². The lowest BCUT2D eigenvalue weighted by atomic mass is 10.2. The van der Waals surface area contributed by atoms with Gasteiger partial charge in [-0.25, -0.2) is 8.42 Å². The average molecular weight is 366 g/mol. The number of benzene rings is 2. The largest absolute Gasteiger partial charge is 0.506 e. The van der Waals surface area contributed by atoms with E-state index in [2.05, 4.69) is 0 Å². The van der Waals surface area contributed by atoms with E-state index >= 15 is 0 Å². The summed E-state index contributed by atoms with van der Waals surface area (Å²) >= 11 is 5.46. The molecule has 0 aliphatic rings. The van der Waals surface area contributed by atoms with Gasteiger partial charge in [0.05, 0.1) is 21.2 Å².